The lowest BCUT2D eigenvalue weighted by Gasteiger charge is -2.12. The van der Waals surface area contributed by atoms with Crippen LogP contribution in [0.2, 0.25) is 0 Å². The van der Waals surface area contributed by atoms with Gasteiger partial charge < -0.3 is 14.8 Å². The second-order valence-electron chi connectivity index (χ2n) is 4.46. The van der Waals surface area contributed by atoms with Crippen LogP contribution in [0.1, 0.15) is 35.3 Å². The van der Waals surface area contributed by atoms with Crippen molar-refractivity contribution in [3.05, 3.63) is 53.9 Å². The third-order valence-electron chi connectivity index (χ3n) is 3.25. The molecule has 0 bridgehead atoms. The van der Waals surface area contributed by atoms with Crippen molar-refractivity contribution in [2.45, 2.75) is 19.3 Å². The summed E-state index contributed by atoms with van der Waals surface area (Å²) in [6, 6.07) is 10.1. The monoisotopic (exact) mass is 273 g/mol. The molecule has 0 aliphatic rings. The minimum atomic E-state index is -1.00. The molecular weight excluding hydrogens is 258 g/mol. The quantitative estimate of drug-likeness (QED) is 0.877. The molecule has 1 aromatic carbocycles. The predicted molar refractivity (Wildman–Crippen MR) is 73.4 cm³/mol. The van der Waals surface area contributed by atoms with Crippen molar-refractivity contribution in [3.8, 4) is 5.69 Å². The summed E-state index contributed by atoms with van der Waals surface area (Å²) in [6.45, 7) is 1.82. The Kier molecular flexibility index (Phi) is 3.89. The van der Waals surface area contributed by atoms with Gasteiger partial charge in [0.2, 0.25) is 0 Å². The second kappa shape index (κ2) is 5.61. The molecule has 0 spiro atoms. The van der Waals surface area contributed by atoms with Crippen molar-refractivity contribution in [1.29, 1.82) is 0 Å². The van der Waals surface area contributed by atoms with E-state index in [1.165, 1.54) is 6.07 Å². The van der Waals surface area contributed by atoms with E-state index in [1.807, 2.05) is 6.92 Å². The van der Waals surface area contributed by atoms with Crippen LogP contribution in [0.15, 0.2) is 42.6 Å². The lowest BCUT2D eigenvalue weighted by atomic mass is 9.96. The molecule has 5 nitrogen and oxygen atoms in total. The van der Waals surface area contributed by atoms with Gasteiger partial charge in [0, 0.05) is 11.9 Å². The minimum Gasteiger partial charge on any atom is -0.481 e. The molecule has 2 rings (SSSR count). The largest absolute Gasteiger partial charge is 0.481 e. The van der Waals surface area contributed by atoms with E-state index >= 15 is 0 Å². The lowest BCUT2D eigenvalue weighted by molar-refractivity contribution is -0.138. The first-order chi connectivity index (χ1) is 9.54. The normalized spacial score (nSPS) is 12.1. The van der Waals surface area contributed by atoms with E-state index in [-0.39, 0.29) is 5.69 Å². The van der Waals surface area contributed by atoms with Crippen molar-refractivity contribution in [2.24, 2.45) is 0 Å². The molecule has 0 radical (unpaired) electrons. The molecule has 1 atom stereocenters. The molecule has 0 fully saturated rings. The van der Waals surface area contributed by atoms with Crippen LogP contribution in [0.25, 0.3) is 5.69 Å². The number of carbonyl (C=O) groups is 2. The molecule has 2 N–H and O–H groups in total. The van der Waals surface area contributed by atoms with Crippen molar-refractivity contribution >= 4 is 11.9 Å². The molecule has 2 aromatic rings. The number of carboxylic acid groups (broad SMARTS) is 2. The Morgan fingerprint density at radius 2 is 1.80 bits per heavy atom. The number of benzene rings is 1. The van der Waals surface area contributed by atoms with Crippen LogP contribution in [-0.4, -0.2) is 26.7 Å². The Morgan fingerprint density at radius 3 is 2.30 bits per heavy atom. The summed E-state index contributed by atoms with van der Waals surface area (Å²) >= 11 is 0. The highest BCUT2D eigenvalue weighted by atomic mass is 16.4. The van der Waals surface area contributed by atoms with Crippen LogP contribution >= 0.6 is 0 Å². The number of carboxylic acids is 2. The summed E-state index contributed by atoms with van der Waals surface area (Å²) in [7, 11) is 0. The average molecular weight is 273 g/mol. The first-order valence-electron chi connectivity index (χ1n) is 6.28. The molecule has 20 heavy (non-hydrogen) atoms. The van der Waals surface area contributed by atoms with Gasteiger partial charge >= 0.3 is 11.9 Å². The van der Waals surface area contributed by atoms with E-state index in [0.29, 0.717) is 17.7 Å². The minimum absolute atomic E-state index is 0.169. The summed E-state index contributed by atoms with van der Waals surface area (Å²) in [5.41, 5.74) is 1.58. The molecule has 0 amide bonds. The fraction of sp³-hybridized carbons (Fsp3) is 0.200. The molecule has 104 valence electrons. The van der Waals surface area contributed by atoms with Crippen LogP contribution in [0.4, 0.5) is 0 Å². The van der Waals surface area contributed by atoms with E-state index in [0.717, 1.165) is 0 Å². The number of aromatic nitrogens is 1. The van der Waals surface area contributed by atoms with Gasteiger partial charge in [-0.1, -0.05) is 19.1 Å². The predicted octanol–water partition coefficient (Wildman–Crippen LogP) is 2.75. The van der Waals surface area contributed by atoms with Crippen LogP contribution < -0.4 is 0 Å². The third kappa shape index (κ3) is 2.56. The Bertz CT molecular complexity index is 628. The zero-order chi connectivity index (χ0) is 14.7. The van der Waals surface area contributed by atoms with Crippen molar-refractivity contribution in [3.63, 3.8) is 0 Å². The van der Waals surface area contributed by atoms with Gasteiger partial charge in [0.15, 0.2) is 0 Å². The highest BCUT2D eigenvalue weighted by Gasteiger charge is 2.17. The van der Waals surface area contributed by atoms with Crippen LogP contribution in [-0.2, 0) is 4.79 Å². The average Bonchev–Trinajstić information content (AvgIpc) is 2.89. The molecule has 0 aliphatic heterocycles. The lowest BCUT2D eigenvalue weighted by Crippen LogP contribution is -2.11. The van der Waals surface area contributed by atoms with Crippen LogP contribution in [0.3, 0.4) is 0 Å². The van der Waals surface area contributed by atoms with E-state index < -0.39 is 17.9 Å². The zero-order valence-corrected chi connectivity index (χ0v) is 11.0. The van der Waals surface area contributed by atoms with E-state index in [1.54, 1.807) is 41.1 Å². The van der Waals surface area contributed by atoms with E-state index in [9.17, 15) is 9.59 Å². The SMILES string of the molecule is CCC(C(=O)O)c1ccc(-n2cccc2C(=O)O)cc1. The van der Waals surface area contributed by atoms with Crippen LogP contribution in [0, 0.1) is 0 Å². The van der Waals surface area contributed by atoms with Crippen molar-refractivity contribution < 1.29 is 19.8 Å². The van der Waals surface area contributed by atoms with Gasteiger partial charge in [-0.05, 0) is 36.2 Å². The Balaban J connectivity index is 2.35. The molecular formula is C15H15NO4. The maximum atomic E-state index is 11.1. The van der Waals surface area contributed by atoms with Gasteiger partial charge in [0.25, 0.3) is 0 Å². The molecule has 1 aromatic heterocycles. The number of aliphatic carboxylic acids is 1. The number of hydrogen-bond acceptors (Lipinski definition) is 2. The number of hydrogen-bond donors (Lipinski definition) is 2. The molecule has 1 heterocycles. The van der Waals surface area contributed by atoms with Crippen molar-refractivity contribution in [2.75, 3.05) is 0 Å². The number of aromatic carboxylic acids is 1. The van der Waals surface area contributed by atoms with Gasteiger partial charge in [-0.25, -0.2) is 4.79 Å². The molecule has 0 aliphatic carbocycles. The third-order valence-corrected chi connectivity index (χ3v) is 3.25. The maximum Gasteiger partial charge on any atom is 0.352 e. The summed E-state index contributed by atoms with van der Waals surface area (Å²) in [5.74, 6) is -2.39. The number of nitrogens with zero attached hydrogens (tertiary/aromatic N) is 1. The first kappa shape index (κ1) is 13.9. The topological polar surface area (TPSA) is 79.5 Å². The van der Waals surface area contributed by atoms with Gasteiger partial charge in [0.05, 0.1) is 5.92 Å². The standard InChI is InChI=1S/C15H15NO4/c1-2-12(14(17)18)10-5-7-11(8-6-10)16-9-3-4-13(16)15(19)20/h3-9,12H,2H2,1H3,(H,17,18)(H,19,20). The summed E-state index contributed by atoms with van der Waals surface area (Å²) in [5, 5.41) is 18.2. The highest BCUT2D eigenvalue weighted by Crippen LogP contribution is 2.22. The summed E-state index contributed by atoms with van der Waals surface area (Å²) in [4.78, 5) is 22.2. The van der Waals surface area contributed by atoms with Gasteiger partial charge in [-0.3, -0.25) is 4.79 Å². The van der Waals surface area contributed by atoms with E-state index in [2.05, 4.69) is 0 Å². The summed E-state index contributed by atoms with van der Waals surface area (Å²) < 4.78 is 1.55. The van der Waals surface area contributed by atoms with E-state index in [4.69, 9.17) is 10.2 Å². The van der Waals surface area contributed by atoms with Gasteiger partial charge in [-0.15, -0.1) is 0 Å². The smallest absolute Gasteiger partial charge is 0.352 e. The van der Waals surface area contributed by atoms with Gasteiger partial charge in [0.1, 0.15) is 5.69 Å². The Labute approximate surface area is 116 Å². The van der Waals surface area contributed by atoms with Crippen LogP contribution in [0.5, 0.6) is 0 Å². The fourth-order valence-electron chi connectivity index (χ4n) is 2.20. The maximum absolute atomic E-state index is 11.1. The number of rotatable bonds is 5. The summed E-state index contributed by atoms with van der Waals surface area (Å²) in [6.07, 6.45) is 2.17. The Morgan fingerprint density at radius 1 is 1.15 bits per heavy atom. The van der Waals surface area contributed by atoms with Crippen molar-refractivity contribution in [1.82, 2.24) is 4.57 Å². The molecule has 1 unspecified atom stereocenters. The molecule has 5 heteroatoms. The van der Waals surface area contributed by atoms with Gasteiger partial charge in [-0.2, -0.15) is 0 Å². The first-order valence-corrected chi connectivity index (χ1v) is 6.28. The highest BCUT2D eigenvalue weighted by molar-refractivity contribution is 5.86. The fourth-order valence-corrected chi connectivity index (χ4v) is 2.20. The molecule has 0 saturated carbocycles. The Hall–Kier alpha value is -2.56. The second-order valence-corrected chi connectivity index (χ2v) is 4.46. The zero-order valence-electron chi connectivity index (χ0n) is 11.0. The molecule has 0 saturated heterocycles.